The molecule has 0 atom stereocenters. The summed E-state index contributed by atoms with van der Waals surface area (Å²) in [5, 5.41) is 6.51. The number of carbonyl (C=O) groups excluding carboxylic acids is 1. The van der Waals surface area contributed by atoms with Crippen LogP contribution >= 0.6 is 11.6 Å². The van der Waals surface area contributed by atoms with Gasteiger partial charge in [0.1, 0.15) is 0 Å². The van der Waals surface area contributed by atoms with Gasteiger partial charge in [-0.3, -0.25) is 0 Å². The predicted octanol–water partition coefficient (Wildman–Crippen LogP) is 3.87. The van der Waals surface area contributed by atoms with Crippen molar-refractivity contribution in [3.8, 4) is 0 Å². The lowest BCUT2D eigenvalue weighted by molar-refractivity contribution is 0.239. The lowest BCUT2D eigenvalue weighted by Crippen LogP contribution is -2.39. The molecule has 22 heavy (non-hydrogen) atoms. The molecule has 4 heteroatoms. The van der Waals surface area contributed by atoms with Gasteiger partial charge in [-0.05, 0) is 30.0 Å². The Kier molecular flexibility index (Phi) is 4.34. The Bertz CT molecular complexity index is 653. The van der Waals surface area contributed by atoms with Gasteiger partial charge in [0.15, 0.2) is 0 Å². The normalized spacial score (nSPS) is 15.1. The average Bonchev–Trinajstić information content (AvgIpc) is 3.34. The summed E-state index contributed by atoms with van der Waals surface area (Å²) in [6.45, 7) is 1.11. The first-order valence-corrected chi connectivity index (χ1v) is 7.88. The van der Waals surface area contributed by atoms with Crippen LogP contribution in [0.15, 0.2) is 54.6 Å². The van der Waals surface area contributed by atoms with Crippen LogP contribution < -0.4 is 10.6 Å². The molecular weight excluding hydrogens is 296 g/mol. The number of amides is 2. The first kappa shape index (κ1) is 14.9. The molecule has 2 aromatic carbocycles. The smallest absolute Gasteiger partial charge is 0.315 e. The molecule has 0 unspecified atom stereocenters. The van der Waals surface area contributed by atoms with Crippen LogP contribution in [-0.2, 0) is 12.0 Å². The molecule has 0 heterocycles. The molecule has 1 saturated carbocycles. The van der Waals surface area contributed by atoms with Crippen LogP contribution in [0.3, 0.4) is 0 Å². The van der Waals surface area contributed by atoms with Gasteiger partial charge in [0.2, 0.25) is 0 Å². The third-order valence-electron chi connectivity index (χ3n) is 4.22. The van der Waals surface area contributed by atoms with E-state index in [4.69, 9.17) is 11.6 Å². The van der Waals surface area contributed by atoms with Crippen molar-refractivity contribution < 1.29 is 4.79 Å². The van der Waals surface area contributed by atoms with Gasteiger partial charge in [0, 0.05) is 23.5 Å². The van der Waals surface area contributed by atoms with E-state index in [0.29, 0.717) is 18.1 Å². The fraction of sp³-hybridized carbons (Fsp3) is 0.278. The van der Waals surface area contributed by atoms with E-state index in [1.54, 1.807) is 0 Å². The van der Waals surface area contributed by atoms with E-state index in [-0.39, 0.29) is 11.4 Å². The van der Waals surface area contributed by atoms with Crippen LogP contribution in [0.2, 0.25) is 5.02 Å². The van der Waals surface area contributed by atoms with E-state index in [1.165, 1.54) is 5.56 Å². The molecule has 2 N–H and O–H groups in total. The molecule has 2 aromatic rings. The highest BCUT2D eigenvalue weighted by molar-refractivity contribution is 6.31. The molecule has 1 aliphatic carbocycles. The highest BCUT2D eigenvalue weighted by Crippen LogP contribution is 2.47. The SMILES string of the molecule is O=C(NCc1ccccc1Cl)NCC1(c2ccccc2)CC1. The molecule has 1 aliphatic rings. The second-order valence-corrected chi connectivity index (χ2v) is 6.18. The van der Waals surface area contributed by atoms with Gasteiger partial charge in [-0.25, -0.2) is 4.79 Å². The third-order valence-corrected chi connectivity index (χ3v) is 4.59. The van der Waals surface area contributed by atoms with Crippen LogP contribution in [0.1, 0.15) is 24.0 Å². The average molecular weight is 315 g/mol. The van der Waals surface area contributed by atoms with E-state index >= 15 is 0 Å². The van der Waals surface area contributed by atoms with Crippen molar-refractivity contribution in [2.75, 3.05) is 6.54 Å². The number of benzene rings is 2. The zero-order valence-corrected chi connectivity index (χ0v) is 13.1. The summed E-state index contributed by atoms with van der Waals surface area (Å²) in [7, 11) is 0. The van der Waals surface area contributed by atoms with E-state index in [2.05, 4.69) is 22.8 Å². The van der Waals surface area contributed by atoms with Gasteiger partial charge in [-0.15, -0.1) is 0 Å². The largest absolute Gasteiger partial charge is 0.337 e. The van der Waals surface area contributed by atoms with Gasteiger partial charge in [-0.1, -0.05) is 60.1 Å². The quantitative estimate of drug-likeness (QED) is 0.864. The Morgan fingerprint density at radius 2 is 1.68 bits per heavy atom. The molecule has 3 nitrogen and oxygen atoms in total. The van der Waals surface area contributed by atoms with Crippen molar-refractivity contribution in [3.05, 3.63) is 70.7 Å². The molecule has 114 valence electrons. The van der Waals surface area contributed by atoms with E-state index in [1.807, 2.05) is 42.5 Å². The summed E-state index contributed by atoms with van der Waals surface area (Å²) >= 11 is 6.08. The summed E-state index contributed by atoms with van der Waals surface area (Å²) in [5.41, 5.74) is 2.35. The minimum atomic E-state index is -0.151. The van der Waals surface area contributed by atoms with Gasteiger partial charge in [0.25, 0.3) is 0 Å². The number of hydrogen-bond donors (Lipinski definition) is 2. The summed E-state index contributed by atoms with van der Waals surface area (Å²) in [6.07, 6.45) is 2.25. The van der Waals surface area contributed by atoms with Crippen LogP contribution in [-0.4, -0.2) is 12.6 Å². The minimum absolute atomic E-state index is 0.128. The van der Waals surface area contributed by atoms with Crippen LogP contribution in [0.5, 0.6) is 0 Å². The highest BCUT2D eigenvalue weighted by atomic mass is 35.5. The Morgan fingerprint density at radius 3 is 2.36 bits per heavy atom. The maximum atomic E-state index is 12.0. The fourth-order valence-corrected chi connectivity index (χ4v) is 2.84. The zero-order valence-electron chi connectivity index (χ0n) is 12.3. The molecule has 0 aliphatic heterocycles. The Hall–Kier alpha value is -2.00. The van der Waals surface area contributed by atoms with E-state index < -0.39 is 0 Å². The maximum absolute atomic E-state index is 12.0. The first-order valence-electron chi connectivity index (χ1n) is 7.50. The summed E-state index contributed by atoms with van der Waals surface area (Å²) < 4.78 is 0. The molecule has 0 spiro atoms. The van der Waals surface area contributed by atoms with Gasteiger partial charge in [0.05, 0.1) is 0 Å². The monoisotopic (exact) mass is 314 g/mol. The standard InChI is InChI=1S/C18H19ClN2O/c19-16-9-5-4-6-14(16)12-20-17(22)21-13-18(10-11-18)15-7-2-1-3-8-15/h1-9H,10-13H2,(H2,20,21,22). The molecule has 1 fully saturated rings. The first-order chi connectivity index (χ1) is 10.7. The molecular formula is C18H19ClN2O. The molecule has 2 amide bonds. The maximum Gasteiger partial charge on any atom is 0.315 e. The summed E-state index contributed by atoms with van der Waals surface area (Å²) in [6, 6.07) is 17.8. The third kappa shape index (κ3) is 3.42. The van der Waals surface area contributed by atoms with Crippen molar-refractivity contribution in [3.63, 3.8) is 0 Å². The number of carbonyl (C=O) groups is 1. The van der Waals surface area contributed by atoms with Crippen molar-refractivity contribution in [1.29, 1.82) is 0 Å². The predicted molar refractivity (Wildman–Crippen MR) is 89.0 cm³/mol. The van der Waals surface area contributed by atoms with Crippen LogP contribution in [0.25, 0.3) is 0 Å². The Labute approximate surface area is 135 Å². The number of halogens is 1. The van der Waals surface area contributed by atoms with Crippen molar-refractivity contribution in [1.82, 2.24) is 10.6 Å². The number of nitrogens with one attached hydrogen (secondary N) is 2. The van der Waals surface area contributed by atoms with Gasteiger partial charge in [-0.2, -0.15) is 0 Å². The number of hydrogen-bond acceptors (Lipinski definition) is 1. The zero-order chi connectivity index (χ0) is 15.4. The van der Waals surface area contributed by atoms with Crippen molar-refractivity contribution in [2.24, 2.45) is 0 Å². The Balaban J connectivity index is 1.50. The molecule has 0 aromatic heterocycles. The molecule has 0 bridgehead atoms. The van der Waals surface area contributed by atoms with Gasteiger partial charge >= 0.3 is 6.03 Å². The van der Waals surface area contributed by atoms with Crippen molar-refractivity contribution in [2.45, 2.75) is 24.8 Å². The van der Waals surface area contributed by atoms with Gasteiger partial charge < -0.3 is 10.6 Å². The van der Waals surface area contributed by atoms with Crippen LogP contribution in [0, 0.1) is 0 Å². The second kappa shape index (κ2) is 6.41. The lowest BCUT2D eigenvalue weighted by atomic mass is 9.96. The number of rotatable bonds is 5. The van der Waals surface area contributed by atoms with E-state index in [9.17, 15) is 4.79 Å². The van der Waals surface area contributed by atoms with Crippen molar-refractivity contribution >= 4 is 17.6 Å². The molecule has 0 saturated heterocycles. The lowest BCUT2D eigenvalue weighted by Gasteiger charge is -2.17. The molecule has 0 radical (unpaired) electrons. The summed E-state index contributed by atoms with van der Waals surface area (Å²) in [5.74, 6) is 0. The summed E-state index contributed by atoms with van der Waals surface area (Å²) in [4.78, 5) is 12.0. The number of urea groups is 1. The fourth-order valence-electron chi connectivity index (χ4n) is 2.64. The van der Waals surface area contributed by atoms with E-state index in [0.717, 1.165) is 18.4 Å². The van der Waals surface area contributed by atoms with Crippen LogP contribution in [0.4, 0.5) is 4.79 Å². The minimum Gasteiger partial charge on any atom is -0.337 e. The molecule has 3 rings (SSSR count). The topological polar surface area (TPSA) is 41.1 Å². The second-order valence-electron chi connectivity index (χ2n) is 5.77. The highest BCUT2D eigenvalue weighted by Gasteiger charge is 2.44. The Morgan fingerprint density at radius 1 is 1.00 bits per heavy atom.